The molecule has 0 fully saturated rings. The molecular formula is C9H8ClN5O2. The van der Waals surface area contributed by atoms with Gasteiger partial charge in [0.25, 0.3) is 5.69 Å². The van der Waals surface area contributed by atoms with E-state index in [1.807, 2.05) is 0 Å². The first-order valence-corrected chi connectivity index (χ1v) is 5.07. The molecule has 17 heavy (non-hydrogen) atoms. The molecular weight excluding hydrogens is 246 g/mol. The number of H-pyrrole nitrogens is 1. The van der Waals surface area contributed by atoms with Gasteiger partial charge in [-0.05, 0) is 0 Å². The summed E-state index contributed by atoms with van der Waals surface area (Å²) in [4.78, 5) is 20.9. The number of hydrogen-bond acceptors (Lipinski definition) is 5. The molecule has 2 N–H and O–H groups in total. The fraction of sp³-hybridized carbons (Fsp3) is 0.111. The summed E-state index contributed by atoms with van der Waals surface area (Å²) in [6.45, 7) is 0.386. The summed E-state index contributed by atoms with van der Waals surface area (Å²) >= 11 is 5.68. The van der Waals surface area contributed by atoms with Crippen LogP contribution in [0.4, 0.5) is 11.5 Å². The van der Waals surface area contributed by atoms with Crippen molar-refractivity contribution in [3.63, 3.8) is 0 Å². The average molecular weight is 254 g/mol. The molecule has 0 aliphatic carbocycles. The smallest absolute Gasteiger partial charge is 0.276 e. The van der Waals surface area contributed by atoms with Crippen molar-refractivity contribution in [3.8, 4) is 0 Å². The van der Waals surface area contributed by atoms with Crippen LogP contribution < -0.4 is 5.32 Å². The summed E-state index contributed by atoms with van der Waals surface area (Å²) in [6.07, 6.45) is 3.30. The maximum atomic E-state index is 10.6. The SMILES string of the molecule is O=[N+]([O-])c1cc(Cl)nc(NCc2ncc[nH]2)c1. The van der Waals surface area contributed by atoms with E-state index >= 15 is 0 Å². The molecule has 0 unspecified atom stereocenters. The van der Waals surface area contributed by atoms with E-state index < -0.39 is 4.92 Å². The van der Waals surface area contributed by atoms with Gasteiger partial charge in [0.05, 0.1) is 23.6 Å². The number of nitrogens with one attached hydrogen (secondary N) is 2. The van der Waals surface area contributed by atoms with E-state index in [0.29, 0.717) is 18.2 Å². The number of halogens is 1. The Balaban J connectivity index is 2.13. The first kappa shape index (κ1) is 11.3. The van der Waals surface area contributed by atoms with Crippen LogP contribution in [-0.4, -0.2) is 19.9 Å². The predicted molar refractivity (Wildman–Crippen MR) is 61.8 cm³/mol. The number of aromatic nitrogens is 3. The van der Waals surface area contributed by atoms with Crippen molar-refractivity contribution in [2.45, 2.75) is 6.54 Å². The minimum absolute atomic E-state index is 0.0705. The third kappa shape index (κ3) is 2.91. The Morgan fingerprint density at radius 3 is 3.00 bits per heavy atom. The van der Waals surface area contributed by atoms with Gasteiger partial charge in [0.1, 0.15) is 16.8 Å². The second kappa shape index (κ2) is 4.79. The van der Waals surface area contributed by atoms with Gasteiger partial charge in [-0.25, -0.2) is 9.97 Å². The second-order valence-electron chi connectivity index (χ2n) is 3.18. The molecule has 2 heterocycles. The van der Waals surface area contributed by atoms with Gasteiger partial charge < -0.3 is 10.3 Å². The number of imidazole rings is 1. The van der Waals surface area contributed by atoms with Crippen LogP contribution in [0.25, 0.3) is 0 Å². The van der Waals surface area contributed by atoms with Gasteiger partial charge in [0, 0.05) is 12.4 Å². The summed E-state index contributed by atoms with van der Waals surface area (Å²) in [5.41, 5.74) is -0.105. The topological polar surface area (TPSA) is 96.7 Å². The molecule has 0 aliphatic rings. The van der Waals surface area contributed by atoms with Crippen LogP contribution >= 0.6 is 11.6 Å². The number of pyridine rings is 1. The summed E-state index contributed by atoms with van der Waals surface area (Å²) < 4.78 is 0. The van der Waals surface area contributed by atoms with Gasteiger partial charge in [0.2, 0.25) is 0 Å². The zero-order valence-corrected chi connectivity index (χ0v) is 9.31. The molecule has 2 aromatic rings. The lowest BCUT2D eigenvalue weighted by atomic mass is 10.4. The van der Waals surface area contributed by atoms with E-state index in [1.165, 1.54) is 12.1 Å². The number of nitro groups is 1. The van der Waals surface area contributed by atoms with E-state index in [1.54, 1.807) is 12.4 Å². The number of nitrogens with zero attached hydrogens (tertiary/aromatic N) is 3. The molecule has 0 bridgehead atoms. The molecule has 0 radical (unpaired) electrons. The average Bonchev–Trinajstić information content (AvgIpc) is 2.78. The maximum Gasteiger partial charge on any atom is 0.276 e. The molecule has 0 amide bonds. The van der Waals surface area contributed by atoms with E-state index in [2.05, 4.69) is 20.3 Å². The Labute approximate surface area is 101 Å². The fourth-order valence-electron chi connectivity index (χ4n) is 1.25. The Hall–Kier alpha value is -2.15. The zero-order chi connectivity index (χ0) is 12.3. The highest BCUT2D eigenvalue weighted by atomic mass is 35.5. The summed E-state index contributed by atoms with van der Waals surface area (Å²) in [5.74, 6) is 1.04. The normalized spacial score (nSPS) is 10.2. The number of rotatable bonds is 4. The third-order valence-electron chi connectivity index (χ3n) is 1.98. The molecule has 0 saturated carbocycles. The van der Waals surface area contributed by atoms with E-state index in [9.17, 15) is 10.1 Å². The largest absolute Gasteiger partial charge is 0.363 e. The Kier molecular flexibility index (Phi) is 3.20. The second-order valence-corrected chi connectivity index (χ2v) is 3.57. The number of anilines is 1. The molecule has 7 nitrogen and oxygen atoms in total. The Morgan fingerprint density at radius 2 is 2.35 bits per heavy atom. The molecule has 88 valence electrons. The minimum Gasteiger partial charge on any atom is -0.363 e. The van der Waals surface area contributed by atoms with Crippen LogP contribution in [0.1, 0.15) is 5.82 Å². The van der Waals surface area contributed by atoms with E-state index in [-0.39, 0.29) is 10.8 Å². The maximum absolute atomic E-state index is 10.6. The lowest BCUT2D eigenvalue weighted by Crippen LogP contribution is -2.03. The summed E-state index contributed by atoms with van der Waals surface area (Å²) in [7, 11) is 0. The van der Waals surface area contributed by atoms with Crippen molar-refractivity contribution in [1.29, 1.82) is 0 Å². The highest BCUT2D eigenvalue weighted by Gasteiger charge is 2.10. The van der Waals surface area contributed by atoms with Crippen molar-refractivity contribution in [3.05, 3.63) is 45.6 Å². The molecule has 0 aliphatic heterocycles. The molecule has 0 aromatic carbocycles. The third-order valence-corrected chi connectivity index (χ3v) is 2.18. The highest BCUT2D eigenvalue weighted by Crippen LogP contribution is 2.20. The van der Waals surface area contributed by atoms with E-state index in [0.717, 1.165) is 0 Å². The molecule has 0 spiro atoms. The Morgan fingerprint density at radius 1 is 1.53 bits per heavy atom. The molecule has 2 rings (SSSR count). The van der Waals surface area contributed by atoms with E-state index in [4.69, 9.17) is 11.6 Å². The monoisotopic (exact) mass is 253 g/mol. The van der Waals surface area contributed by atoms with Crippen LogP contribution in [0, 0.1) is 10.1 Å². The zero-order valence-electron chi connectivity index (χ0n) is 8.55. The van der Waals surface area contributed by atoms with Crippen molar-refractivity contribution >= 4 is 23.1 Å². The van der Waals surface area contributed by atoms with Crippen LogP contribution in [0.15, 0.2) is 24.5 Å². The number of aromatic amines is 1. The lowest BCUT2D eigenvalue weighted by Gasteiger charge is -2.03. The van der Waals surface area contributed by atoms with Gasteiger partial charge in [-0.3, -0.25) is 10.1 Å². The lowest BCUT2D eigenvalue weighted by molar-refractivity contribution is -0.384. The Bertz CT molecular complexity index is 528. The standard InChI is InChI=1S/C9H8ClN5O2/c10-7-3-6(15(16)17)4-8(14-7)13-5-9-11-1-2-12-9/h1-4H,5H2,(H,11,12)(H,13,14). The molecule has 2 aromatic heterocycles. The first-order chi connectivity index (χ1) is 8.15. The summed E-state index contributed by atoms with van der Waals surface area (Å²) in [6, 6.07) is 2.51. The quantitative estimate of drug-likeness (QED) is 0.493. The predicted octanol–water partition coefficient (Wildman–Crippen LogP) is 1.98. The van der Waals surface area contributed by atoms with Gasteiger partial charge in [0.15, 0.2) is 0 Å². The van der Waals surface area contributed by atoms with Crippen molar-refractivity contribution in [2.75, 3.05) is 5.32 Å². The van der Waals surface area contributed by atoms with Crippen molar-refractivity contribution in [2.24, 2.45) is 0 Å². The molecule has 8 heteroatoms. The molecule has 0 atom stereocenters. The molecule has 0 saturated heterocycles. The highest BCUT2D eigenvalue weighted by molar-refractivity contribution is 6.29. The van der Waals surface area contributed by atoms with Crippen LogP contribution in [-0.2, 0) is 6.54 Å². The van der Waals surface area contributed by atoms with Gasteiger partial charge in [-0.15, -0.1) is 0 Å². The van der Waals surface area contributed by atoms with Gasteiger partial charge >= 0.3 is 0 Å². The van der Waals surface area contributed by atoms with Gasteiger partial charge in [-0.2, -0.15) is 0 Å². The van der Waals surface area contributed by atoms with Crippen molar-refractivity contribution in [1.82, 2.24) is 15.0 Å². The van der Waals surface area contributed by atoms with Gasteiger partial charge in [-0.1, -0.05) is 11.6 Å². The minimum atomic E-state index is -0.522. The fourth-order valence-corrected chi connectivity index (χ4v) is 1.45. The summed E-state index contributed by atoms with van der Waals surface area (Å²) in [5, 5.41) is 13.6. The first-order valence-electron chi connectivity index (χ1n) is 4.69. The van der Waals surface area contributed by atoms with Crippen LogP contribution in [0.5, 0.6) is 0 Å². The number of hydrogen-bond donors (Lipinski definition) is 2. The van der Waals surface area contributed by atoms with Crippen LogP contribution in [0.3, 0.4) is 0 Å². The van der Waals surface area contributed by atoms with Crippen molar-refractivity contribution < 1.29 is 4.92 Å². The van der Waals surface area contributed by atoms with Crippen LogP contribution in [0.2, 0.25) is 5.15 Å².